The van der Waals surface area contributed by atoms with Crippen molar-refractivity contribution in [2.75, 3.05) is 7.11 Å². The minimum absolute atomic E-state index is 0.00576. The fourth-order valence-corrected chi connectivity index (χ4v) is 12.6. The smallest absolute Gasteiger partial charge is 0.312 e. The van der Waals surface area contributed by atoms with Crippen molar-refractivity contribution in [3.63, 3.8) is 0 Å². The van der Waals surface area contributed by atoms with E-state index in [0.717, 1.165) is 51.4 Å². The van der Waals surface area contributed by atoms with Gasteiger partial charge < -0.3 is 14.6 Å². The highest BCUT2D eigenvalue weighted by molar-refractivity contribution is 5.81. The third-order valence-electron chi connectivity index (χ3n) is 14.9. The molecule has 0 heterocycles. The number of halogens is 1. The summed E-state index contributed by atoms with van der Waals surface area (Å²) < 4.78 is 27.8. The maximum absolute atomic E-state index is 16.5. The van der Waals surface area contributed by atoms with Crippen LogP contribution in [0.5, 0.6) is 0 Å². The lowest BCUT2D eigenvalue weighted by Crippen LogP contribution is -2.68. The van der Waals surface area contributed by atoms with Gasteiger partial charge in [-0.15, -0.1) is 0 Å². The van der Waals surface area contributed by atoms with Crippen molar-refractivity contribution in [1.29, 1.82) is 0 Å². The molecule has 248 valence electrons. The summed E-state index contributed by atoms with van der Waals surface area (Å²) in [5, 5.41) is 9.51. The maximum atomic E-state index is 16.5. The molecule has 11 atom stereocenters. The van der Waals surface area contributed by atoms with E-state index in [1.165, 1.54) is 26.5 Å². The Hall–Kier alpha value is -1.92. The molecule has 0 spiro atoms. The zero-order valence-electron chi connectivity index (χ0n) is 28.7. The van der Waals surface area contributed by atoms with E-state index in [2.05, 4.69) is 48.1 Å². The van der Waals surface area contributed by atoms with Crippen molar-refractivity contribution in [1.82, 2.24) is 0 Å². The quantitative estimate of drug-likeness (QED) is 0.239. The molecule has 0 aromatic rings. The number of esters is 2. The predicted octanol–water partition coefficient (Wildman–Crippen LogP) is 8.18. The number of fused-ring (bicyclic) bond motifs is 7. The van der Waals surface area contributed by atoms with Crippen LogP contribution in [0.1, 0.15) is 120 Å². The molecule has 1 unspecified atom stereocenters. The first-order valence-corrected chi connectivity index (χ1v) is 17.0. The lowest BCUT2D eigenvalue weighted by molar-refractivity contribution is -0.260. The maximum Gasteiger partial charge on any atom is 0.312 e. The highest BCUT2D eigenvalue weighted by Gasteiger charge is 2.73. The van der Waals surface area contributed by atoms with Gasteiger partial charge >= 0.3 is 17.9 Å². The second kappa shape index (κ2) is 10.6. The van der Waals surface area contributed by atoms with Gasteiger partial charge in [-0.2, -0.15) is 0 Å². The van der Waals surface area contributed by atoms with Crippen molar-refractivity contribution < 1.29 is 33.4 Å². The molecule has 5 aliphatic carbocycles. The molecule has 5 rings (SSSR count). The first kappa shape index (κ1) is 33.4. The highest BCUT2D eigenvalue weighted by atomic mass is 19.1. The number of carboxylic acid groups (broad SMARTS) is 1. The average molecular weight is 617 g/mol. The summed E-state index contributed by atoms with van der Waals surface area (Å²) in [6, 6.07) is 0. The third-order valence-corrected chi connectivity index (χ3v) is 14.9. The molecule has 5 fully saturated rings. The van der Waals surface area contributed by atoms with Crippen molar-refractivity contribution in [2.24, 2.45) is 62.1 Å². The fourth-order valence-electron chi connectivity index (χ4n) is 12.6. The molecule has 0 bridgehead atoms. The summed E-state index contributed by atoms with van der Waals surface area (Å²) in [6.07, 6.45) is 5.47. The normalized spacial score (nSPS) is 46.0. The van der Waals surface area contributed by atoms with Gasteiger partial charge in [-0.05, 0) is 124 Å². The molecule has 7 heteroatoms. The van der Waals surface area contributed by atoms with Crippen LogP contribution < -0.4 is 0 Å². The summed E-state index contributed by atoms with van der Waals surface area (Å²) in [7, 11) is 1.53. The molecule has 0 amide bonds. The zero-order valence-corrected chi connectivity index (χ0v) is 28.7. The topological polar surface area (TPSA) is 89.9 Å². The van der Waals surface area contributed by atoms with E-state index in [-0.39, 0.29) is 40.5 Å². The zero-order chi connectivity index (χ0) is 32.8. The van der Waals surface area contributed by atoms with Crippen LogP contribution in [0.25, 0.3) is 0 Å². The lowest BCUT2D eigenvalue weighted by Gasteiger charge is -2.73. The van der Waals surface area contributed by atoms with Crippen molar-refractivity contribution in [2.45, 2.75) is 132 Å². The SMILES string of the molecule is C=C(C)[C@@H]1CC[C@]2(C(=O)OC)CC[C@]3(C)C(CC[C@@H]4[C@@]5(C)C[C@@H](F)[C@H](OC(=O)CC(C)(C)C(=O)O)C(C)(C)[C@@H]5CC[C@]43C)[C@@H]12. The van der Waals surface area contributed by atoms with E-state index in [4.69, 9.17) is 9.47 Å². The lowest BCUT2D eigenvalue weighted by atomic mass is 9.32. The first-order chi connectivity index (χ1) is 20.2. The Morgan fingerprint density at radius 1 is 0.932 bits per heavy atom. The minimum atomic E-state index is -1.32. The number of hydrogen-bond acceptors (Lipinski definition) is 5. The van der Waals surface area contributed by atoms with Crippen molar-refractivity contribution in [3.05, 3.63) is 12.2 Å². The van der Waals surface area contributed by atoms with Gasteiger partial charge in [0, 0.05) is 5.41 Å². The summed E-state index contributed by atoms with van der Waals surface area (Å²) in [5.41, 5.74) is -1.41. The molecule has 5 saturated carbocycles. The monoisotopic (exact) mass is 616 g/mol. The molecule has 6 nitrogen and oxygen atoms in total. The summed E-state index contributed by atoms with van der Waals surface area (Å²) in [5.74, 6) is -0.362. The third kappa shape index (κ3) is 4.47. The Labute approximate surface area is 264 Å². The van der Waals surface area contributed by atoms with Crippen molar-refractivity contribution >= 4 is 17.9 Å². The Bertz CT molecular complexity index is 1220. The van der Waals surface area contributed by atoms with Gasteiger partial charge in [0.2, 0.25) is 0 Å². The van der Waals surface area contributed by atoms with Crippen LogP contribution in [0.2, 0.25) is 0 Å². The van der Waals surface area contributed by atoms with E-state index < -0.39 is 40.5 Å². The van der Waals surface area contributed by atoms with Gasteiger partial charge in [-0.3, -0.25) is 14.4 Å². The van der Waals surface area contributed by atoms with Gasteiger partial charge in [-0.25, -0.2) is 4.39 Å². The number of carbonyl (C=O) groups is 3. The molecule has 0 aromatic carbocycles. The van der Waals surface area contributed by atoms with E-state index in [1.807, 2.05) is 0 Å². The first-order valence-electron chi connectivity index (χ1n) is 17.0. The number of allylic oxidation sites excluding steroid dienone is 1. The van der Waals surface area contributed by atoms with Crippen LogP contribution in [-0.4, -0.2) is 42.4 Å². The second-order valence-corrected chi connectivity index (χ2v) is 17.7. The second-order valence-electron chi connectivity index (χ2n) is 17.7. The largest absolute Gasteiger partial charge is 0.481 e. The highest BCUT2D eigenvalue weighted by Crippen LogP contribution is 2.77. The number of aliphatic carboxylic acids is 1. The minimum Gasteiger partial charge on any atom is -0.481 e. The van der Waals surface area contributed by atoms with E-state index in [9.17, 15) is 19.5 Å². The standard InChI is InChI=1S/C37H57FO6/c1-21(2)22-13-16-37(31(42)43-10)18-17-35(8)23(28(22)37)11-12-26-34(7)19-24(38)29(44-27(39)20-32(3,4)30(40)41)33(5,6)25(34)14-15-36(26,35)9/h22-26,28-29H,1,11-20H2,2-10H3,(H,40,41)/t22-,23?,24+,25-,26+,28+,29-,34-,35+,36+,37-/m0/s1. The molecule has 1 N–H and O–H groups in total. The number of rotatable bonds is 6. The Kier molecular flexibility index (Phi) is 8.02. The summed E-state index contributed by atoms with van der Waals surface area (Å²) in [6.45, 7) is 20.9. The van der Waals surface area contributed by atoms with Crippen LogP contribution in [0, 0.1) is 62.1 Å². The molecule has 0 aliphatic heterocycles. The fraction of sp³-hybridized carbons (Fsp3) is 0.865. The predicted molar refractivity (Wildman–Crippen MR) is 167 cm³/mol. The van der Waals surface area contributed by atoms with E-state index >= 15 is 4.39 Å². The molecule has 0 aromatic heterocycles. The number of methoxy groups -OCH3 is 1. The Balaban J connectivity index is 1.46. The Morgan fingerprint density at radius 3 is 2.18 bits per heavy atom. The molecular weight excluding hydrogens is 559 g/mol. The van der Waals surface area contributed by atoms with E-state index in [0.29, 0.717) is 24.2 Å². The number of ether oxygens (including phenoxy) is 2. The van der Waals surface area contributed by atoms with Crippen LogP contribution in [0.15, 0.2) is 12.2 Å². The molecule has 5 aliphatic rings. The summed E-state index contributed by atoms with van der Waals surface area (Å²) >= 11 is 0. The number of carboxylic acids is 1. The van der Waals surface area contributed by atoms with E-state index in [1.54, 1.807) is 0 Å². The van der Waals surface area contributed by atoms with Gasteiger partial charge in [0.25, 0.3) is 0 Å². The number of carbonyl (C=O) groups excluding carboxylic acids is 2. The number of hydrogen-bond donors (Lipinski definition) is 1. The molecule has 44 heavy (non-hydrogen) atoms. The van der Waals surface area contributed by atoms with Crippen LogP contribution in [0.4, 0.5) is 4.39 Å². The van der Waals surface area contributed by atoms with Gasteiger partial charge in [0.05, 0.1) is 24.4 Å². The van der Waals surface area contributed by atoms with Gasteiger partial charge in [-0.1, -0.05) is 46.8 Å². The van der Waals surface area contributed by atoms with Gasteiger partial charge in [0.15, 0.2) is 0 Å². The molecule has 0 radical (unpaired) electrons. The van der Waals surface area contributed by atoms with Crippen LogP contribution in [0.3, 0.4) is 0 Å². The molecule has 0 saturated heterocycles. The van der Waals surface area contributed by atoms with Crippen LogP contribution in [-0.2, 0) is 23.9 Å². The Morgan fingerprint density at radius 2 is 1.59 bits per heavy atom. The van der Waals surface area contributed by atoms with Crippen molar-refractivity contribution in [3.8, 4) is 0 Å². The number of alkyl halides is 1. The average Bonchev–Trinajstić information content (AvgIpc) is 3.31. The molecular formula is C37H57FO6. The summed E-state index contributed by atoms with van der Waals surface area (Å²) in [4.78, 5) is 38.1. The van der Waals surface area contributed by atoms with Crippen LogP contribution >= 0.6 is 0 Å². The van der Waals surface area contributed by atoms with Gasteiger partial charge in [0.1, 0.15) is 12.3 Å².